The number of methoxy groups -OCH3 is 1. The normalized spacial score (nSPS) is 20.2. The lowest BCUT2D eigenvalue weighted by molar-refractivity contribution is 0.0128. The molecule has 1 aliphatic heterocycles. The predicted octanol–water partition coefficient (Wildman–Crippen LogP) is 3.26. The van der Waals surface area contributed by atoms with Crippen LogP contribution in [0.3, 0.4) is 0 Å². The summed E-state index contributed by atoms with van der Waals surface area (Å²) in [6, 6.07) is 6.10. The van der Waals surface area contributed by atoms with E-state index < -0.39 is 0 Å². The van der Waals surface area contributed by atoms with Gasteiger partial charge in [-0.2, -0.15) is 0 Å². The second kappa shape index (κ2) is 6.86. The van der Waals surface area contributed by atoms with Crippen LogP contribution in [0, 0.1) is 12.8 Å². The fraction of sp³-hybridized carbons (Fsp3) is 0.400. The molecule has 1 unspecified atom stereocenters. The van der Waals surface area contributed by atoms with Gasteiger partial charge in [0.2, 0.25) is 0 Å². The lowest BCUT2D eigenvalue weighted by Crippen LogP contribution is -2.39. The summed E-state index contributed by atoms with van der Waals surface area (Å²) in [7, 11) is 3.74. The van der Waals surface area contributed by atoms with Gasteiger partial charge in [0.05, 0.1) is 31.4 Å². The van der Waals surface area contributed by atoms with Crippen LogP contribution in [0.25, 0.3) is 11.8 Å². The first-order valence-corrected chi connectivity index (χ1v) is 8.96. The van der Waals surface area contributed by atoms with Crippen molar-refractivity contribution in [2.75, 3.05) is 20.7 Å². The van der Waals surface area contributed by atoms with Gasteiger partial charge in [-0.3, -0.25) is 0 Å². The fourth-order valence-electron chi connectivity index (χ4n) is 3.18. The van der Waals surface area contributed by atoms with Crippen molar-refractivity contribution in [2.24, 2.45) is 11.1 Å². The molecule has 0 N–H and O–H groups in total. The minimum atomic E-state index is 0.246. The third-order valence-corrected chi connectivity index (χ3v) is 4.89. The van der Waals surface area contributed by atoms with E-state index in [1.165, 1.54) is 12.8 Å². The van der Waals surface area contributed by atoms with E-state index in [4.69, 9.17) is 9.57 Å². The van der Waals surface area contributed by atoms with Crippen molar-refractivity contribution >= 4 is 11.9 Å². The van der Waals surface area contributed by atoms with E-state index >= 15 is 0 Å². The van der Waals surface area contributed by atoms with Crippen LogP contribution in [0.1, 0.15) is 24.1 Å². The van der Waals surface area contributed by atoms with E-state index in [1.54, 1.807) is 13.4 Å². The van der Waals surface area contributed by atoms with Crippen LogP contribution in [-0.2, 0) is 4.84 Å². The second-order valence-electron chi connectivity index (χ2n) is 7.00. The molecule has 2 aromatic rings. The molecule has 2 heterocycles. The molecule has 0 saturated heterocycles. The van der Waals surface area contributed by atoms with Crippen molar-refractivity contribution in [3.8, 4) is 11.4 Å². The predicted molar refractivity (Wildman–Crippen MR) is 102 cm³/mol. The van der Waals surface area contributed by atoms with Crippen molar-refractivity contribution in [1.29, 1.82) is 0 Å². The molecule has 136 valence electrons. The Balaban J connectivity index is 1.52. The SMILES string of the molecule is COc1cc(/C=C/C2=NOC(C3CC3)CN2C)ccc1-n1cnc(C)c1. The number of aryl methyl sites for hydroxylation is 1. The zero-order valence-corrected chi connectivity index (χ0v) is 15.4. The number of hydrogen-bond acceptors (Lipinski definition) is 5. The quantitative estimate of drug-likeness (QED) is 0.829. The molecule has 0 amide bonds. The van der Waals surface area contributed by atoms with E-state index in [1.807, 2.05) is 42.0 Å². The van der Waals surface area contributed by atoms with Crippen LogP contribution in [0.15, 0.2) is 42.0 Å². The Morgan fingerprint density at radius 1 is 1.27 bits per heavy atom. The van der Waals surface area contributed by atoms with Gasteiger partial charge in [-0.1, -0.05) is 17.3 Å². The number of rotatable bonds is 5. The molecule has 1 saturated carbocycles. The van der Waals surface area contributed by atoms with Crippen LogP contribution in [0.2, 0.25) is 0 Å². The van der Waals surface area contributed by atoms with Crippen LogP contribution in [0.5, 0.6) is 5.75 Å². The molecule has 1 aromatic heterocycles. The van der Waals surface area contributed by atoms with Gasteiger partial charge in [-0.15, -0.1) is 0 Å². The molecule has 1 aliphatic carbocycles. The van der Waals surface area contributed by atoms with Crippen molar-refractivity contribution in [3.63, 3.8) is 0 Å². The summed E-state index contributed by atoms with van der Waals surface area (Å²) in [4.78, 5) is 12.1. The molecular weight excluding hydrogens is 328 g/mol. The molecule has 1 fully saturated rings. The number of amidine groups is 1. The highest BCUT2D eigenvalue weighted by atomic mass is 16.6. The molecule has 0 bridgehead atoms. The van der Waals surface area contributed by atoms with E-state index in [0.29, 0.717) is 5.92 Å². The highest BCUT2D eigenvalue weighted by Crippen LogP contribution is 2.35. The topological polar surface area (TPSA) is 51.9 Å². The maximum atomic E-state index is 5.66. The van der Waals surface area contributed by atoms with Gasteiger partial charge in [0, 0.05) is 19.2 Å². The van der Waals surface area contributed by atoms with Crippen molar-refractivity contribution in [3.05, 3.63) is 48.1 Å². The van der Waals surface area contributed by atoms with E-state index in [0.717, 1.165) is 35.1 Å². The third-order valence-electron chi connectivity index (χ3n) is 4.89. The zero-order valence-electron chi connectivity index (χ0n) is 15.4. The summed E-state index contributed by atoms with van der Waals surface area (Å²) < 4.78 is 7.53. The van der Waals surface area contributed by atoms with Crippen molar-refractivity contribution in [1.82, 2.24) is 14.5 Å². The van der Waals surface area contributed by atoms with Crippen LogP contribution < -0.4 is 4.74 Å². The number of aromatic nitrogens is 2. The van der Waals surface area contributed by atoms with Crippen LogP contribution in [0.4, 0.5) is 0 Å². The summed E-state index contributed by atoms with van der Waals surface area (Å²) in [6.07, 6.45) is 10.6. The lowest BCUT2D eigenvalue weighted by atomic mass is 10.1. The maximum absolute atomic E-state index is 5.66. The number of ether oxygens (including phenoxy) is 1. The Labute approximate surface area is 153 Å². The van der Waals surface area contributed by atoms with Gasteiger partial charge in [0.15, 0.2) is 5.84 Å². The highest BCUT2D eigenvalue weighted by molar-refractivity contribution is 5.96. The zero-order chi connectivity index (χ0) is 18.1. The fourth-order valence-corrected chi connectivity index (χ4v) is 3.18. The van der Waals surface area contributed by atoms with E-state index in [9.17, 15) is 0 Å². The average molecular weight is 352 g/mol. The lowest BCUT2D eigenvalue weighted by Gasteiger charge is -2.28. The Morgan fingerprint density at radius 2 is 2.12 bits per heavy atom. The Bertz CT molecular complexity index is 851. The Kier molecular flexibility index (Phi) is 4.41. The molecule has 1 aromatic carbocycles. The van der Waals surface area contributed by atoms with Crippen LogP contribution in [-0.4, -0.2) is 47.1 Å². The van der Waals surface area contributed by atoms with Gasteiger partial charge in [0.1, 0.15) is 11.9 Å². The van der Waals surface area contributed by atoms with Gasteiger partial charge >= 0.3 is 0 Å². The largest absolute Gasteiger partial charge is 0.495 e. The average Bonchev–Trinajstić information content (AvgIpc) is 3.41. The number of likely N-dealkylation sites (N-methyl/N-ethyl adjacent to an activating group) is 1. The second-order valence-corrected chi connectivity index (χ2v) is 7.00. The standard InChI is InChI=1S/C20H24N4O2/c1-14-11-24(13-21-14)17-8-4-15(10-18(17)25-3)5-9-20-22-26-19(12-23(20)2)16-6-7-16/h4-5,8-11,13,16,19H,6-7,12H2,1-3H3/b9-5+. The van der Waals surface area contributed by atoms with Gasteiger partial charge < -0.3 is 19.0 Å². The molecule has 0 spiro atoms. The summed E-state index contributed by atoms with van der Waals surface area (Å²) >= 11 is 0. The van der Waals surface area contributed by atoms with Crippen molar-refractivity contribution in [2.45, 2.75) is 25.9 Å². The number of imidazole rings is 1. The summed E-state index contributed by atoms with van der Waals surface area (Å²) in [6.45, 7) is 2.87. The number of nitrogens with zero attached hydrogens (tertiary/aromatic N) is 4. The molecule has 26 heavy (non-hydrogen) atoms. The van der Waals surface area contributed by atoms with Gasteiger partial charge in [-0.05, 0) is 43.5 Å². The first-order valence-electron chi connectivity index (χ1n) is 8.96. The molecule has 4 rings (SSSR count). The monoisotopic (exact) mass is 352 g/mol. The smallest absolute Gasteiger partial charge is 0.168 e. The highest BCUT2D eigenvalue weighted by Gasteiger charge is 2.36. The molecule has 6 heteroatoms. The Hall–Kier alpha value is -2.76. The Morgan fingerprint density at radius 3 is 2.77 bits per heavy atom. The van der Waals surface area contributed by atoms with Gasteiger partial charge in [0.25, 0.3) is 0 Å². The van der Waals surface area contributed by atoms with Gasteiger partial charge in [-0.25, -0.2) is 4.98 Å². The molecule has 2 aliphatic rings. The summed E-state index contributed by atoms with van der Waals surface area (Å²) in [5.41, 5.74) is 2.98. The molecule has 1 atom stereocenters. The summed E-state index contributed by atoms with van der Waals surface area (Å²) in [5, 5.41) is 4.29. The number of hydrogen-bond donors (Lipinski definition) is 0. The first-order chi connectivity index (χ1) is 12.6. The molecular formula is C20H24N4O2. The number of oxime groups is 1. The maximum Gasteiger partial charge on any atom is 0.168 e. The summed E-state index contributed by atoms with van der Waals surface area (Å²) in [5.74, 6) is 2.33. The van der Waals surface area contributed by atoms with Crippen molar-refractivity contribution < 1.29 is 9.57 Å². The molecule has 6 nitrogen and oxygen atoms in total. The van der Waals surface area contributed by atoms with E-state index in [-0.39, 0.29) is 6.10 Å². The molecule has 0 radical (unpaired) electrons. The first kappa shape index (κ1) is 16.7. The number of benzene rings is 1. The minimum absolute atomic E-state index is 0.246. The van der Waals surface area contributed by atoms with E-state index in [2.05, 4.69) is 28.2 Å². The van der Waals surface area contributed by atoms with Crippen LogP contribution >= 0.6 is 0 Å². The minimum Gasteiger partial charge on any atom is -0.495 e. The third kappa shape index (κ3) is 3.45.